The topological polar surface area (TPSA) is 49.4 Å². The van der Waals surface area contributed by atoms with E-state index < -0.39 is 5.91 Å². The van der Waals surface area contributed by atoms with Crippen LogP contribution in [0.3, 0.4) is 0 Å². The van der Waals surface area contributed by atoms with Crippen LogP contribution < -0.4 is 5.32 Å². The Balaban J connectivity index is 2.66. The van der Waals surface area contributed by atoms with E-state index in [9.17, 15) is 9.59 Å². The van der Waals surface area contributed by atoms with E-state index in [0.717, 1.165) is 12.8 Å². The van der Waals surface area contributed by atoms with Crippen LogP contribution in [0.1, 0.15) is 33.1 Å². The Kier molecular flexibility index (Phi) is 7.54. The van der Waals surface area contributed by atoms with E-state index in [1.807, 2.05) is 13.8 Å². The van der Waals surface area contributed by atoms with Crippen molar-refractivity contribution in [2.45, 2.75) is 33.1 Å². The van der Waals surface area contributed by atoms with Crippen molar-refractivity contribution in [3.63, 3.8) is 0 Å². The van der Waals surface area contributed by atoms with E-state index in [2.05, 4.69) is 5.32 Å². The molecule has 21 heavy (non-hydrogen) atoms. The predicted molar refractivity (Wildman–Crippen MR) is 86.9 cm³/mol. The molecule has 2 amide bonds. The minimum absolute atomic E-state index is 0.181. The third-order valence-corrected chi connectivity index (χ3v) is 3.51. The molecule has 1 aromatic carbocycles. The maximum atomic E-state index is 12.1. The summed E-state index contributed by atoms with van der Waals surface area (Å²) in [5, 5.41) is 3.30. The van der Waals surface area contributed by atoms with Gasteiger partial charge >= 0.3 is 0 Å². The van der Waals surface area contributed by atoms with Crippen LogP contribution in [0.5, 0.6) is 0 Å². The van der Waals surface area contributed by atoms with Gasteiger partial charge in [0.2, 0.25) is 11.8 Å². The van der Waals surface area contributed by atoms with Gasteiger partial charge in [-0.2, -0.15) is 0 Å². The standard InChI is InChI=1S/C15H20Cl2N2O2/c1-3-8-19(9-4-2)14(21)10-13(20)18-15-11(16)6-5-7-12(15)17/h5-7H,3-4,8-10H2,1-2H3,(H,18,20). The summed E-state index contributed by atoms with van der Waals surface area (Å²) in [7, 11) is 0. The fourth-order valence-corrected chi connectivity index (χ4v) is 2.44. The number of carbonyl (C=O) groups excluding carboxylic acids is 2. The highest BCUT2D eigenvalue weighted by Crippen LogP contribution is 2.29. The fraction of sp³-hybridized carbons (Fsp3) is 0.467. The van der Waals surface area contributed by atoms with Crippen LogP contribution in [-0.2, 0) is 9.59 Å². The Labute approximate surface area is 135 Å². The van der Waals surface area contributed by atoms with E-state index in [1.54, 1.807) is 23.1 Å². The van der Waals surface area contributed by atoms with Crippen LogP contribution in [0, 0.1) is 0 Å². The smallest absolute Gasteiger partial charge is 0.233 e. The largest absolute Gasteiger partial charge is 0.342 e. The number of para-hydroxylation sites is 1. The summed E-state index contributed by atoms with van der Waals surface area (Å²) < 4.78 is 0. The van der Waals surface area contributed by atoms with Crippen molar-refractivity contribution in [3.8, 4) is 0 Å². The molecular weight excluding hydrogens is 311 g/mol. The minimum atomic E-state index is -0.410. The molecule has 6 heteroatoms. The Hall–Kier alpha value is -1.26. The first kappa shape index (κ1) is 17.8. The molecular formula is C15H20Cl2N2O2. The van der Waals surface area contributed by atoms with Crippen molar-refractivity contribution < 1.29 is 9.59 Å². The number of amides is 2. The zero-order chi connectivity index (χ0) is 15.8. The van der Waals surface area contributed by atoms with Crippen LogP contribution in [0.4, 0.5) is 5.69 Å². The van der Waals surface area contributed by atoms with Crippen LogP contribution in [0.2, 0.25) is 10.0 Å². The van der Waals surface area contributed by atoms with E-state index in [-0.39, 0.29) is 12.3 Å². The molecule has 4 nitrogen and oxygen atoms in total. The summed E-state index contributed by atoms with van der Waals surface area (Å²) in [4.78, 5) is 25.8. The molecule has 0 fully saturated rings. The number of nitrogens with one attached hydrogen (secondary N) is 1. The monoisotopic (exact) mass is 330 g/mol. The number of hydrogen-bond acceptors (Lipinski definition) is 2. The van der Waals surface area contributed by atoms with Crippen molar-refractivity contribution >= 4 is 40.7 Å². The average molecular weight is 331 g/mol. The molecule has 0 aliphatic heterocycles. The molecule has 116 valence electrons. The van der Waals surface area contributed by atoms with Crippen LogP contribution in [-0.4, -0.2) is 29.8 Å². The van der Waals surface area contributed by atoms with Gasteiger partial charge in [0, 0.05) is 13.1 Å². The SMILES string of the molecule is CCCN(CCC)C(=O)CC(=O)Nc1c(Cl)cccc1Cl. The number of anilines is 1. The molecule has 0 aliphatic carbocycles. The third kappa shape index (κ3) is 5.56. The number of hydrogen-bond donors (Lipinski definition) is 1. The summed E-state index contributed by atoms with van der Waals surface area (Å²) in [5.74, 6) is -0.591. The molecule has 0 heterocycles. The lowest BCUT2D eigenvalue weighted by molar-refractivity contribution is -0.134. The van der Waals surface area contributed by atoms with Gasteiger partial charge in [0.25, 0.3) is 0 Å². The van der Waals surface area contributed by atoms with E-state index in [0.29, 0.717) is 28.8 Å². The summed E-state index contributed by atoms with van der Waals surface area (Å²) >= 11 is 12.0. The van der Waals surface area contributed by atoms with Crippen LogP contribution in [0.25, 0.3) is 0 Å². The molecule has 0 atom stereocenters. The second kappa shape index (κ2) is 8.90. The number of nitrogens with zero attached hydrogens (tertiary/aromatic N) is 1. The average Bonchev–Trinajstić information content (AvgIpc) is 2.42. The summed E-state index contributed by atoms with van der Waals surface area (Å²) in [6.45, 7) is 5.32. The molecule has 0 radical (unpaired) electrons. The van der Waals surface area contributed by atoms with Crippen molar-refractivity contribution in [2.75, 3.05) is 18.4 Å². The fourth-order valence-electron chi connectivity index (χ4n) is 1.95. The third-order valence-electron chi connectivity index (χ3n) is 2.88. The maximum Gasteiger partial charge on any atom is 0.233 e. The summed E-state index contributed by atoms with van der Waals surface area (Å²) in [6.07, 6.45) is 1.52. The second-order valence-corrected chi connectivity index (χ2v) is 5.52. The quantitative estimate of drug-likeness (QED) is 0.769. The highest BCUT2D eigenvalue weighted by atomic mass is 35.5. The zero-order valence-electron chi connectivity index (χ0n) is 12.3. The maximum absolute atomic E-state index is 12.1. The van der Waals surface area contributed by atoms with Crippen LogP contribution in [0.15, 0.2) is 18.2 Å². The van der Waals surface area contributed by atoms with Crippen molar-refractivity contribution in [1.82, 2.24) is 4.90 Å². The lowest BCUT2D eigenvalue weighted by atomic mass is 10.2. The molecule has 0 aromatic heterocycles. The first-order chi connectivity index (χ1) is 9.99. The molecule has 0 spiro atoms. The first-order valence-corrected chi connectivity index (χ1v) is 7.76. The van der Waals surface area contributed by atoms with Gasteiger partial charge in [-0.3, -0.25) is 9.59 Å². The van der Waals surface area contributed by atoms with Gasteiger partial charge < -0.3 is 10.2 Å². The van der Waals surface area contributed by atoms with Gasteiger partial charge in [0.05, 0.1) is 15.7 Å². The molecule has 0 saturated carbocycles. The number of carbonyl (C=O) groups is 2. The highest BCUT2D eigenvalue weighted by molar-refractivity contribution is 6.39. The molecule has 0 saturated heterocycles. The van der Waals surface area contributed by atoms with Crippen LogP contribution >= 0.6 is 23.2 Å². The molecule has 0 aliphatic rings. The predicted octanol–water partition coefficient (Wildman–Crippen LogP) is 3.97. The van der Waals surface area contributed by atoms with Gasteiger partial charge in [-0.15, -0.1) is 0 Å². The Bertz CT molecular complexity index is 480. The Morgan fingerprint density at radius 3 is 2.10 bits per heavy atom. The van der Waals surface area contributed by atoms with Gasteiger partial charge in [-0.25, -0.2) is 0 Å². The van der Waals surface area contributed by atoms with Gasteiger partial charge in [-0.1, -0.05) is 43.1 Å². The van der Waals surface area contributed by atoms with Gasteiger partial charge in [-0.05, 0) is 25.0 Å². The highest BCUT2D eigenvalue weighted by Gasteiger charge is 2.17. The molecule has 1 aromatic rings. The normalized spacial score (nSPS) is 10.3. The van der Waals surface area contributed by atoms with E-state index >= 15 is 0 Å². The van der Waals surface area contributed by atoms with Crippen molar-refractivity contribution in [3.05, 3.63) is 28.2 Å². The van der Waals surface area contributed by atoms with E-state index in [4.69, 9.17) is 23.2 Å². The second-order valence-electron chi connectivity index (χ2n) is 4.70. The lowest BCUT2D eigenvalue weighted by Gasteiger charge is -2.21. The molecule has 0 bridgehead atoms. The molecule has 0 unspecified atom stereocenters. The Morgan fingerprint density at radius 2 is 1.62 bits per heavy atom. The summed E-state index contributed by atoms with van der Waals surface area (Å²) in [6, 6.07) is 4.95. The lowest BCUT2D eigenvalue weighted by Crippen LogP contribution is -2.35. The zero-order valence-corrected chi connectivity index (χ0v) is 13.8. The first-order valence-electron chi connectivity index (χ1n) is 7.01. The Morgan fingerprint density at radius 1 is 1.10 bits per heavy atom. The van der Waals surface area contributed by atoms with Gasteiger partial charge in [0.15, 0.2) is 0 Å². The minimum Gasteiger partial charge on any atom is -0.342 e. The number of benzene rings is 1. The van der Waals surface area contributed by atoms with E-state index in [1.165, 1.54) is 0 Å². The number of halogens is 2. The van der Waals surface area contributed by atoms with Crippen molar-refractivity contribution in [1.29, 1.82) is 0 Å². The van der Waals surface area contributed by atoms with Crippen molar-refractivity contribution in [2.24, 2.45) is 0 Å². The summed E-state index contributed by atoms with van der Waals surface area (Å²) in [5.41, 5.74) is 0.344. The molecule has 1 rings (SSSR count). The number of rotatable bonds is 7. The van der Waals surface area contributed by atoms with Gasteiger partial charge in [0.1, 0.15) is 6.42 Å². The molecule has 1 N–H and O–H groups in total.